The van der Waals surface area contributed by atoms with Gasteiger partial charge < -0.3 is 25.4 Å². The molecule has 4 aromatic rings. The van der Waals surface area contributed by atoms with Crippen LogP contribution in [0.4, 0.5) is 34.9 Å². The summed E-state index contributed by atoms with van der Waals surface area (Å²) >= 11 is 0. The number of nitrogens with zero attached hydrogens (tertiary/aromatic N) is 3. The average Bonchev–Trinajstić information content (AvgIpc) is 3.43. The van der Waals surface area contributed by atoms with Crippen molar-refractivity contribution in [1.29, 1.82) is 0 Å². The summed E-state index contributed by atoms with van der Waals surface area (Å²) in [6, 6.07) is 21.7. The second-order valence-electron chi connectivity index (χ2n) is 17.8. The van der Waals surface area contributed by atoms with Crippen LogP contribution in [-0.4, -0.2) is 61.3 Å². The molecule has 2 saturated carbocycles. The maximum Gasteiger partial charge on any atom is 0.337 e. The van der Waals surface area contributed by atoms with Gasteiger partial charge in [-0.1, -0.05) is 72.2 Å². The highest BCUT2D eigenvalue weighted by Crippen LogP contribution is 2.65. The molecule has 2 bridgehead atoms. The van der Waals surface area contributed by atoms with Crippen LogP contribution in [0.3, 0.4) is 0 Å². The van der Waals surface area contributed by atoms with E-state index in [2.05, 4.69) is 91.0 Å². The molecule has 2 atom stereocenters. The summed E-state index contributed by atoms with van der Waals surface area (Å²) in [6.45, 7) is 19.4. The molecule has 1 heterocycles. The second-order valence-corrected chi connectivity index (χ2v) is 28.6. The Bertz CT molecular complexity index is 2010. The zero-order valence-electron chi connectivity index (χ0n) is 33.3. The van der Waals surface area contributed by atoms with Crippen LogP contribution < -0.4 is 16.0 Å². The SMILES string of the molecule is CC12CCC(C(=Cc3ccc(Nc4nc(Nc5ccc(C(=O)OC[Si](C)(C)C)cc5)nc(Nc5ccc(C(=O)OC[Si](C)(C)C)cc5)n4)cc3)C1=O)C2(C)C. The summed E-state index contributed by atoms with van der Waals surface area (Å²) < 4.78 is 11.0. The maximum absolute atomic E-state index is 13.4. The van der Waals surface area contributed by atoms with Gasteiger partial charge in [-0.05, 0) is 102 Å². The lowest BCUT2D eigenvalue weighted by Gasteiger charge is -2.31. The Morgan fingerprint density at radius 3 is 1.40 bits per heavy atom. The smallest absolute Gasteiger partial charge is 0.337 e. The number of anilines is 6. The molecule has 13 heteroatoms. The topological polar surface area (TPSA) is 144 Å². The third kappa shape index (κ3) is 9.22. The number of esters is 2. The number of benzene rings is 3. The third-order valence-electron chi connectivity index (χ3n) is 10.5. The molecule has 2 aliphatic rings. The van der Waals surface area contributed by atoms with Crippen molar-refractivity contribution in [2.24, 2.45) is 16.7 Å². The standard InChI is InChI=1S/C42H52N6O5Si2/c1-41(2)34-22-23-42(41,3)35(49)33(34)24-27-10-16-30(17-11-27)43-38-46-39(44-31-18-12-28(13-19-31)36(50)52-25-54(4,5)6)48-40(47-38)45-32-20-14-29(15-21-32)37(51)53-26-55(7,8)9/h10-21,24,34H,22-23,25-26H2,1-9H3,(H3,43,44,45,46,47,48). The number of Topliss-reactive ketones (excluding diaryl/α,β-unsaturated/α-hetero) is 1. The first-order chi connectivity index (χ1) is 25.8. The van der Waals surface area contributed by atoms with E-state index in [9.17, 15) is 14.4 Å². The number of hydrogen-bond acceptors (Lipinski definition) is 11. The molecule has 55 heavy (non-hydrogen) atoms. The predicted octanol–water partition coefficient (Wildman–Crippen LogP) is 9.58. The van der Waals surface area contributed by atoms with E-state index in [0.717, 1.165) is 29.7 Å². The first kappa shape index (κ1) is 39.5. The molecular formula is C42H52N6O5Si2. The second kappa shape index (κ2) is 15.2. The molecule has 2 unspecified atom stereocenters. The van der Waals surface area contributed by atoms with E-state index in [1.165, 1.54) is 0 Å². The number of allylic oxidation sites excluding steroid dienone is 1. The van der Waals surface area contributed by atoms with Gasteiger partial charge in [0.05, 0.1) is 39.7 Å². The lowest BCUT2D eigenvalue weighted by Crippen LogP contribution is -2.32. The lowest BCUT2D eigenvalue weighted by atomic mass is 9.70. The van der Waals surface area contributed by atoms with Crippen LogP contribution in [0.5, 0.6) is 0 Å². The van der Waals surface area contributed by atoms with Gasteiger partial charge in [-0.2, -0.15) is 15.0 Å². The molecule has 0 radical (unpaired) electrons. The monoisotopic (exact) mass is 776 g/mol. The minimum absolute atomic E-state index is 0.0456. The molecule has 2 fully saturated rings. The molecular weight excluding hydrogens is 725 g/mol. The van der Waals surface area contributed by atoms with Crippen molar-refractivity contribution in [2.75, 3.05) is 28.4 Å². The highest BCUT2D eigenvalue weighted by molar-refractivity contribution is 6.76. The van der Waals surface area contributed by atoms with Crippen LogP contribution in [0.2, 0.25) is 39.3 Å². The van der Waals surface area contributed by atoms with Crippen molar-refractivity contribution >= 4 is 74.9 Å². The van der Waals surface area contributed by atoms with Crippen LogP contribution >= 0.6 is 0 Å². The normalized spacial score (nSPS) is 19.6. The zero-order valence-corrected chi connectivity index (χ0v) is 35.3. The number of fused-ring (bicyclic) bond motifs is 2. The average molecular weight is 777 g/mol. The van der Waals surface area contributed by atoms with E-state index in [4.69, 9.17) is 9.47 Å². The fourth-order valence-corrected chi connectivity index (χ4v) is 8.11. The number of carbonyl (C=O) groups excluding carboxylic acids is 3. The number of rotatable bonds is 13. The summed E-state index contributed by atoms with van der Waals surface area (Å²) in [4.78, 5) is 52.5. The van der Waals surface area contributed by atoms with Gasteiger partial charge in [-0.15, -0.1) is 0 Å². The molecule has 0 amide bonds. The number of aromatic nitrogens is 3. The fraction of sp³-hybridized carbons (Fsp3) is 0.381. The van der Waals surface area contributed by atoms with Crippen molar-refractivity contribution in [3.63, 3.8) is 0 Å². The summed E-state index contributed by atoms with van der Waals surface area (Å²) in [5, 5.41) is 9.73. The Balaban J connectivity index is 1.21. The Kier molecular flexibility index (Phi) is 10.9. The molecule has 3 aromatic carbocycles. The summed E-state index contributed by atoms with van der Waals surface area (Å²) in [7, 11) is -3.09. The van der Waals surface area contributed by atoms with Crippen LogP contribution in [0.25, 0.3) is 6.08 Å². The van der Waals surface area contributed by atoms with E-state index in [0.29, 0.717) is 35.0 Å². The number of ketones is 1. The minimum atomic E-state index is -1.55. The first-order valence-electron chi connectivity index (χ1n) is 18.8. The first-order valence-corrected chi connectivity index (χ1v) is 26.2. The van der Waals surface area contributed by atoms with Gasteiger partial charge in [0.25, 0.3) is 0 Å². The van der Waals surface area contributed by atoms with Crippen LogP contribution in [0.15, 0.2) is 78.4 Å². The van der Waals surface area contributed by atoms with Crippen molar-refractivity contribution in [3.05, 3.63) is 95.1 Å². The van der Waals surface area contributed by atoms with E-state index < -0.39 is 16.1 Å². The number of carbonyl (C=O) groups is 3. The molecule has 0 spiro atoms. The Morgan fingerprint density at radius 1 is 0.673 bits per heavy atom. The van der Waals surface area contributed by atoms with E-state index in [1.54, 1.807) is 48.5 Å². The number of hydrogen-bond donors (Lipinski definition) is 3. The number of nitrogens with one attached hydrogen (secondary N) is 3. The van der Waals surface area contributed by atoms with Crippen LogP contribution in [-0.2, 0) is 14.3 Å². The van der Waals surface area contributed by atoms with E-state index in [1.807, 2.05) is 30.3 Å². The minimum Gasteiger partial charge on any atom is -0.466 e. The summed E-state index contributed by atoms with van der Waals surface area (Å²) in [5.74, 6) is 0.622. The zero-order chi connectivity index (χ0) is 39.8. The van der Waals surface area contributed by atoms with Crippen molar-refractivity contribution in [1.82, 2.24) is 15.0 Å². The summed E-state index contributed by atoms with van der Waals surface area (Å²) in [5.41, 5.74) is 4.53. The third-order valence-corrected chi connectivity index (χ3v) is 12.5. The molecule has 11 nitrogen and oxygen atoms in total. The highest BCUT2D eigenvalue weighted by atomic mass is 28.3. The quantitative estimate of drug-likeness (QED) is 0.0678. The summed E-state index contributed by atoms with van der Waals surface area (Å²) in [6.07, 6.45) is 4.93. The predicted molar refractivity (Wildman–Crippen MR) is 224 cm³/mol. The molecule has 0 saturated heterocycles. The fourth-order valence-electron chi connectivity index (χ4n) is 6.98. The van der Waals surface area contributed by atoms with Crippen LogP contribution in [0, 0.1) is 16.7 Å². The maximum atomic E-state index is 13.4. The Labute approximate surface area is 325 Å². The van der Waals surface area contributed by atoms with Crippen molar-refractivity contribution < 1.29 is 23.9 Å². The van der Waals surface area contributed by atoms with Crippen LogP contribution in [0.1, 0.15) is 59.9 Å². The molecule has 1 aromatic heterocycles. The van der Waals surface area contributed by atoms with Gasteiger partial charge in [0.2, 0.25) is 17.8 Å². The van der Waals surface area contributed by atoms with Gasteiger partial charge in [0.15, 0.2) is 5.78 Å². The largest absolute Gasteiger partial charge is 0.466 e. The molecule has 2 aliphatic carbocycles. The molecule has 3 N–H and O–H groups in total. The van der Waals surface area contributed by atoms with Gasteiger partial charge >= 0.3 is 11.9 Å². The molecule has 6 rings (SSSR count). The van der Waals surface area contributed by atoms with Gasteiger partial charge in [0.1, 0.15) is 0 Å². The van der Waals surface area contributed by atoms with E-state index in [-0.39, 0.29) is 52.3 Å². The van der Waals surface area contributed by atoms with Crippen molar-refractivity contribution in [2.45, 2.75) is 72.9 Å². The van der Waals surface area contributed by atoms with Gasteiger partial charge in [0, 0.05) is 22.5 Å². The molecule has 288 valence electrons. The van der Waals surface area contributed by atoms with E-state index >= 15 is 0 Å². The number of ether oxygens (including phenoxy) is 2. The lowest BCUT2D eigenvalue weighted by molar-refractivity contribution is -0.125. The van der Waals surface area contributed by atoms with Crippen molar-refractivity contribution in [3.8, 4) is 0 Å². The Morgan fingerprint density at radius 2 is 1.05 bits per heavy atom. The highest BCUT2D eigenvalue weighted by Gasteiger charge is 2.63. The Hall–Kier alpha value is -5.15. The molecule has 0 aliphatic heterocycles. The van der Waals surface area contributed by atoms with Gasteiger partial charge in [-0.3, -0.25) is 4.79 Å². The van der Waals surface area contributed by atoms with Gasteiger partial charge in [-0.25, -0.2) is 9.59 Å².